The summed E-state index contributed by atoms with van der Waals surface area (Å²) in [7, 11) is 0. The fraction of sp³-hybridized carbons (Fsp3) is 0.800. The third-order valence-electron chi connectivity index (χ3n) is 8.16. The maximum absolute atomic E-state index is 13.4. The SMILES string of the molecule is CCCCCCCCCCCCCCCCCCOC(=O)C(CCCC)(CCCC)Cc1ccc(O)cc1. The first-order valence-electron chi connectivity index (χ1n) is 16.5. The van der Waals surface area contributed by atoms with Crippen molar-refractivity contribution in [2.45, 2.75) is 168 Å². The lowest BCUT2D eigenvalue weighted by Crippen LogP contribution is -2.35. The largest absolute Gasteiger partial charge is 0.508 e. The molecule has 0 fully saturated rings. The van der Waals surface area contributed by atoms with E-state index >= 15 is 0 Å². The third kappa shape index (κ3) is 16.5. The van der Waals surface area contributed by atoms with Crippen LogP contribution in [0.15, 0.2) is 24.3 Å². The molecule has 0 heterocycles. The summed E-state index contributed by atoms with van der Waals surface area (Å²) < 4.78 is 5.93. The van der Waals surface area contributed by atoms with Crippen molar-refractivity contribution in [3.05, 3.63) is 29.8 Å². The van der Waals surface area contributed by atoms with E-state index in [1.807, 2.05) is 12.1 Å². The van der Waals surface area contributed by atoms with Gasteiger partial charge < -0.3 is 9.84 Å². The van der Waals surface area contributed by atoms with Crippen LogP contribution >= 0.6 is 0 Å². The fourth-order valence-corrected chi connectivity index (χ4v) is 5.58. The number of rotatable bonds is 26. The lowest BCUT2D eigenvalue weighted by atomic mass is 9.73. The molecule has 0 aliphatic rings. The molecular formula is C35H62O3. The van der Waals surface area contributed by atoms with Crippen LogP contribution in [0, 0.1) is 5.41 Å². The first-order chi connectivity index (χ1) is 18.6. The Balaban J connectivity index is 2.23. The first-order valence-corrected chi connectivity index (χ1v) is 16.5. The second-order valence-electron chi connectivity index (χ2n) is 11.8. The predicted molar refractivity (Wildman–Crippen MR) is 164 cm³/mol. The number of esters is 1. The maximum Gasteiger partial charge on any atom is 0.312 e. The normalized spacial score (nSPS) is 11.7. The average Bonchev–Trinajstić information content (AvgIpc) is 2.93. The van der Waals surface area contributed by atoms with Gasteiger partial charge in [0.1, 0.15) is 5.75 Å². The van der Waals surface area contributed by atoms with Crippen molar-refractivity contribution in [3.63, 3.8) is 0 Å². The van der Waals surface area contributed by atoms with Crippen LogP contribution in [0.4, 0.5) is 0 Å². The molecule has 0 aliphatic heterocycles. The molecule has 38 heavy (non-hydrogen) atoms. The van der Waals surface area contributed by atoms with E-state index in [9.17, 15) is 9.90 Å². The number of unbranched alkanes of at least 4 members (excludes halogenated alkanes) is 17. The van der Waals surface area contributed by atoms with Gasteiger partial charge in [0.25, 0.3) is 0 Å². The van der Waals surface area contributed by atoms with Crippen LogP contribution in [0.5, 0.6) is 5.75 Å². The summed E-state index contributed by atoms with van der Waals surface area (Å²) in [6.45, 7) is 7.21. The highest BCUT2D eigenvalue weighted by Gasteiger charge is 2.38. The number of carbonyl (C=O) groups is 1. The molecule has 1 N–H and O–H groups in total. The van der Waals surface area contributed by atoms with Crippen LogP contribution < -0.4 is 0 Å². The molecule has 0 saturated carbocycles. The van der Waals surface area contributed by atoms with Crippen molar-refractivity contribution < 1.29 is 14.6 Å². The Labute approximate surface area is 236 Å². The van der Waals surface area contributed by atoms with Gasteiger partial charge in [-0.05, 0) is 43.4 Å². The third-order valence-corrected chi connectivity index (χ3v) is 8.16. The maximum atomic E-state index is 13.4. The second kappa shape index (κ2) is 23.4. The van der Waals surface area contributed by atoms with Crippen LogP contribution in [0.2, 0.25) is 0 Å². The minimum absolute atomic E-state index is 0.00608. The molecule has 0 unspecified atom stereocenters. The molecule has 0 aromatic heterocycles. The number of hydrogen-bond acceptors (Lipinski definition) is 3. The van der Waals surface area contributed by atoms with Crippen LogP contribution in [-0.2, 0) is 16.0 Å². The molecule has 0 spiro atoms. The lowest BCUT2D eigenvalue weighted by molar-refractivity contribution is -0.157. The molecule has 220 valence electrons. The topological polar surface area (TPSA) is 46.5 Å². The van der Waals surface area contributed by atoms with E-state index in [0.717, 1.165) is 56.9 Å². The van der Waals surface area contributed by atoms with Crippen LogP contribution in [0.25, 0.3) is 0 Å². The van der Waals surface area contributed by atoms with E-state index in [0.29, 0.717) is 13.0 Å². The molecule has 1 rings (SSSR count). The minimum Gasteiger partial charge on any atom is -0.508 e. The Morgan fingerprint density at radius 1 is 0.605 bits per heavy atom. The highest BCUT2D eigenvalue weighted by atomic mass is 16.5. The Kier molecular flexibility index (Phi) is 21.2. The van der Waals surface area contributed by atoms with E-state index in [4.69, 9.17) is 4.74 Å². The lowest BCUT2D eigenvalue weighted by Gasteiger charge is -2.32. The zero-order valence-corrected chi connectivity index (χ0v) is 25.5. The molecule has 3 nitrogen and oxygen atoms in total. The van der Waals surface area contributed by atoms with E-state index < -0.39 is 5.41 Å². The van der Waals surface area contributed by atoms with Gasteiger partial charge in [-0.2, -0.15) is 0 Å². The number of hydrogen-bond donors (Lipinski definition) is 1. The minimum atomic E-state index is -0.446. The molecule has 0 saturated heterocycles. The summed E-state index contributed by atoms with van der Waals surface area (Å²) in [4.78, 5) is 13.4. The van der Waals surface area contributed by atoms with Crippen LogP contribution in [0.3, 0.4) is 0 Å². The molecule has 0 atom stereocenters. The Morgan fingerprint density at radius 3 is 1.42 bits per heavy atom. The molecular weight excluding hydrogens is 468 g/mol. The van der Waals surface area contributed by atoms with Gasteiger partial charge in [-0.15, -0.1) is 0 Å². The quantitative estimate of drug-likeness (QED) is 0.0956. The van der Waals surface area contributed by atoms with Crippen LogP contribution in [0.1, 0.15) is 168 Å². The molecule has 0 aliphatic carbocycles. The summed E-state index contributed by atoms with van der Waals surface area (Å²) in [5, 5.41) is 9.67. The van der Waals surface area contributed by atoms with Gasteiger partial charge in [0.2, 0.25) is 0 Å². The van der Waals surface area contributed by atoms with Gasteiger partial charge >= 0.3 is 5.97 Å². The number of aromatic hydroxyl groups is 1. The summed E-state index contributed by atoms with van der Waals surface area (Å²) >= 11 is 0. The first kappa shape index (κ1) is 34.5. The van der Waals surface area contributed by atoms with Crippen molar-refractivity contribution in [1.29, 1.82) is 0 Å². The van der Waals surface area contributed by atoms with Gasteiger partial charge in [-0.1, -0.05) is 155 Å². The van der Waals surface area contributed by atoms with Crippen molar-refractivity contribution in [3.8, 4) is 5.75 Å². The fourth-order valence-electron chi connectivity index (χ4n) is 5.58. The van der Waals surface area contributed by atoms with Gasteiger partial charge in [0.15, 0.2) is 0 Å². The van der Waals surface area contributed by atoms with Crippen molar-refractivity contribution >= 4 is 5.97 Å². The van der Waals surface area contributed by atoms with E-state index in [1.54, 1.807) is 12.1 Å². The number of phenolic OH excluding ortho intramolecular Hbond substituents is 1. The molecule has 1 aromatic carbocycles. The van der Waals surface area contributed by atoms with Gasteiger partial charge in [0.05, 0.1) is 12.0 Å². The van der Waals surface area contributed by atoms with Gasteiger partial charge in [0, 0.05) is 0 Å². The van der Waals surface area contributed by atoms with Crippen LogP contribution in [-0.4, -0.2) is 17.7 Å². The van der Waals surface area contributed by atoms with E-state index in [1.165, 1.54) is 89.9 Å². The average molecular weight is 531 g/mol. The van der Waals surface area contributed by atoms with Crippen molar-refractivity contribution in [1.82, 2.24) is 0 Å². The molecule has 0 radical (unpaired) electrons. The molecule has 0 amide bonds. The molecule has 0 bridgehead atoms. The summed E-state index contributed by atoms with van der Waals surface area (Å²) in [5.74, 6) is 0.265. The van der Waals surface area contributed by atoms with E-state index in [2.05, 4.69) is 20.8 Å². The summed E-state index contributed by atoms with van der Waals surface area (Å²) in [6.07, 6.45) is 28.2. The molecule has 3 heteroatoms. The Morgan fingerprint density at radius 2 is 1.00 bits per heavy atom. The molecule has 1 aromatic rings. The van der Waals surface area contributed by atoms with Crippen molar-refractivity contribution in [2.24, 2.45) is 5.41 Å². The zero-order valence-electron chi connectivity index (χ0n) is 25.5. The summed E-state index contributed by atoms with van der Waals surface area (Å²) in [6, 6.07) is 7.35. The monoisotopic (exact) mass is 530 g/mol. The smallest absolute Gasteiger partial charge is 0.312 e. The highest BCUT2D eigenvalue weighted by molar-refractivity contribution is 5.77. The Bertz CT molecular complexity index is 658. The number of ether oxygens (including phenoxy) is 1. The van der Waals surface area contributed by atoms with Crippen molar-refractivity contribution in [2.75, 3.05) is 6.61 Å². The Hall–Kier alpha value is -1.51. The van der Waals surface area contributed by atoms with Gasteiger partial charge in [-0.3, -0.25) is 4.79 Å². The number of carbonyl (C=O) groups excluding carboxylic acids is 1. The number of phenols is 1. The van der Waals surface area contributed by atoms with E-state index in [-0.39, 0.29) is 11.7 Å². The predicted octanol–water partition coefficient (Wildman–Crippen LogP) is 11.1. The standard InChI is InChI=1S/C35H62O3/c1-4-7-10-11-12-13-14-15-16-17-18-19-20-21-22-23-30-38-34(37)35(28-8-5-2,29-9-6-3)31-32-24-26-33(36)27-25-32/h24-27,36H,4-23,28-31H2,1-3H3. The summed E-state index contributed by atoms with van der Waals surface area (Å²) in [5.41, 5.74) is 0.660. The second-order valence-corrected chi connectivity index (χ2v) is 11.8. The highest BCUT2D eigenvalue weighted by Crippen LogP contribution is 2.37. The van der Waals surface area contributed by atoms with Gasteiger partial charge in [-0.25, -0.2) is 0 Å². The zero-order chi connectivity index (χ0) is 27.7. The number of benzene rings is 1.